The van der Waals surface area contributed by atoms with Crippen LogP contribution in [0, 0.1) is 17.8 Å². The summed E-state index contributed by atoms with van der Waals surface area (Å²) in [5.74, 6) is 0.459. The van der Waals surface area contributed by atoms with E-state index < -0.39 is 6.10 Å². The van der Waals surface area contributed by atoms with Crippen LogP contribution in [0.2, 0.25) is 0 Å². The molecule has 2 atom stereocenters. The van der Waals surface area contributed by atoms with Gasteiger partial charge >= 0.3 is 0 Å². The molecule has 1 aromatic carbocycles. The van der Waals surface area contributed by atoms with E-state index in [0.29, 0.717) is 19.8 Å². The minimum Gasteiger partial charge on any atom is -0.391 e. The molecule has 0 spiro atoms. The lowest BCUT2D eigenvalue weighted by Gasteiger charge is -2.28. The van der Waals surface area contributed by atoms with Gasteiger partial charge in [0.15, 0.2) is 0 Å². The number of aliphatic hydroxyl groups is 1. The Morgan fingerprint density at radius 2 is 1.91 bits per heavy atom. The summed E-state index contributed by atoms with van der Waals surface area (Å²) < 4.78 is 5.31. The van der Waals surface area contributed by atoms with E-state index in [2.05, 4.69) is 31.3 Å². The Balaban J connectivity index is 1.85. The average Bonchev–Trinajstić information content (AvgIpc) is 2.58. The van der Waals surface area contributed by atoms with Crippen molar-refractivity contribution < 1.29 is 14.6 Å². The van der Waals surface area contributed by atoms with Gasteiger partial charge in [0.05, 0.1) is 6.10 Å². The van der Waals surface area contributed by atoms with Gasteiger partial charge in [-0.25, -0.2) is 0 Å². The highest BCUT2D eigenvalue weighted by atomic mass is 16.5. The molecule has 1 saturated heterocycles. The standard InChI is InChI=1S/C19H29NO3/c1-14(2)17(12-15-6-4-3-5-7-15)19(22)20-13-18(21)16-8-10-23-11-9-16/h3-7,14,16-18,21H,8-13H2,1-2H3,(H,20,22)/t17-,18+/m0/s1. The molecule has 2 N–H and O–H groups in total. The molecular weight excluding hydrogens is 290 g/mol. The highest BCUT2D eigenvalue weighted by Crippen LogP contribution is 2.20. The molecule has 4 nitrogen and oxygen atoms in total. The molecule has 0 unspecified atom stereocenters. The number of amides is 1. The monoisotopic (exact) mass is 319 g/mol. The fraction of sp³-hybridized carbons (Fsp3) is 0.632. The zero-order chi connectivity index (χ0) is 16.7. The first-order valence-electron chi connectivity index (χ1n) is 8.65. The smallest absolute Gasteiger partial charge is 0.223 e. The van der Waals surface area contributed by atoms with Gasteiger partial charge in [-0.3, -0.25) is 4.79 Å². The first-order chi connectivity index (χ1) is 11.1. The summed E-state index contributed by atoms with van der Waals surface area (Å²) in [7, 11) is 0. The van der Waals surface area contributed by atoms with Crippen molar-refractivity contribution in [2.45, 2.75) is 39.2 Å². The second kappa shape index (κ2) is 9.04. The molecule has 1 heterocycles. The van der Waals surface area contributed by atoms with Crippen molar-refractivity contribution in [3.63, 3.8) is 0 Å². The first-order valence-corrected chi connectivity index (χ1v) is 8.65. The van der Waals surface area contributed by atoms with Gasteiger partial charge in [-0.15, -0.1) is 0 Å². The van der Waals surface area contributed by atoms with Crippen LogP contribution < -0.4 is 5.32 Å². The maximum Gasteiger partial charge on any atom is 0.223 e. The Hall–Kier alpha value is -1.39. The van der Waals surface area contributed by atoms with Gasteiger partial charge in [-0.2, -0.15) is 0 Å². The third-order valence-corrected chi connectivity index (χ3v) is 4.74. The third-order valence-electron chi connectivity index (χ3n) is 4.74. The van der Waals surface area contributed by atoms with E-state index in [1.807, 2.05) is 18.2 Å². The van der Waals surface area contributed by atoms with E-state index in [0.717, 1.165) is 19.3 Å². The minimum atomic E-state index is -0.479. The largest absolute Gasteiger partial charge is 0.391 e. The summed E-state index contributed by atoms with van der Waals surface area (Å²) in [6.07, 6.45) is 1.99. The van der Waals surface area contributed by atoms with Crippen LogP contribution in [0.4, 0.5) is 0 Å². The molecule has 1 aromatic rings. The van der Waals surface area contributed by atoms with Gasteiger partial charge in [0.1, 0.15) is 0 Å². The van der Waals surface area contributed by atoms with Gasteiger partial charge < -0.3 is 15.2 Å². The third kappa shape index (κ3) is 5.63. The number of hydrogen-bond donors (Lipinski definition) is 2. The van der Waals surface area contributed by atoms with Crippen molar-refractivity contribution >= 4 is 5.91 Å². The van der Waals surface area contributed by atoms with Crippen molar-refractivity contribution in [1.29, 1.82) is 0 Å². The average molecular weight is 319 g/mol. The lowest BCUT2D eigenvalue weighted by molar-refractivity contribution is -0.127. The minimum absolute atomic E-state index is 0.0370. The van der Waals surface area contributed by atoms with Crippen LogP contribution in [0.3, 0.4) is 0 Å². The molecule has 0 bridgehead atoms. The van der Waals surface area contributed by atoms with Crippen LogP contribution >= 0.6 is 0 Å². The number of aliphatic hydroxyl groups excluding tert-OH is 1. The molecule has 23 heavy (non-hydrogen) atoms. The van der Waals surface area contributed by atoms with Crippen molar-refractivity contribution in [2.24, 2.45) is 17.8 Å². The normalized spacial score (nSPS) is 18.6. The molecule has 0 aromatic heterocycles. The summed E-state index contributed by atoms with van der Waals surface area (Å²) in [5, 5.41) is 13.2. The van der Waals surface area contributed by atoms with E-state index in [1.165, 1.54) is 5.56 Å². The Kier molecular flexibility index (Phi) is 7.06. The Morgan fingerprint density at radius 1 is 1.26 bits per heavy atom. The highest BCUT2D eigenvalue weighted by molar-refractivity contribution is 5.79. The van der Waals surface area contributed by atoms with E-state index in [4.69, 9.17) is 4.74 Å². The highest BCUT2D eigenvalue weighted by Gasteiger charge is 2.26. The second-order valence-corrected chi connectivity index (χ2v) is 6.80. The van der Waals surface area contributed by atoms with Crippen molar-refractivity contribution in [3.05, 3.63) is 35.9 Å². The molecule has 0 saturated carbocycles. The summed E-state index contributed by atoms with van der Waals surface area (Å²) in [5.41, 5.74) is 1.17. The summed E-state index contributed by atoms with van der Waals surface area (Å²) in [6.45, 7) is 5.89. The maximum absolute atomic E-state index is 12.5. The molecular formula is C19H29NO3. The van der Waals surface area contributed by atoms with Crippen LogP contribution in [0.5, 0.6) is 0 Å². The molecule has 1 aliphatic rings. The Bertz CT molecular complexity index is 469. The Morgan fingerprint density at radius 3 is 2.52 bits per heavy atom. The van der Waals surface area contributed by atoms with Gasteiger partial charge in [-0.05, 0) is 36.7 Å². The predicted octanol–water partition coefficient (Wildman–Crippen LogP) is 2.41. The predicted molar refractivity (Wildman–Crippen MR) is 91.0 cm³/mol. The van der Waals surface area contributed by atoms with Gasteiger partial charge in [-0.1, -0.05) is 44.2 Å². The van der Waals surface area contributed by atoms with Crippen LogP contribution in [-0.2, 0) is 16.0 Å². The summed E-state index contributed by atoms with van der Waals surface area (Å²) in [4.78, 5) is 12.5. The molecule has 4 heteroatoms. The lowest BCUT2D eigenvalue weighted by Crippen LogP contribution is -2.42. The van der Waals surface area contributed by atoms with Crippen LogP contribution in [0.1, 0.15) is 32.3 Å². The Labute approximate surface area is 139 Å². The summed E-state index contributed by atoms with van der Waals surface area (Å²) in [6, 6.07) is 10.1. The number of carbonyl (C=O) groups is 1. The van der Waals surface area contributed by atoms with Crippen LogP contribution in [0.15, 0.2) is 30.3 Å². The summed E-state index contributed by atoms with van der Waals surface area (Å²) >= 11 is 0. The van der Waals surface area contributed by atoms with E-state index >= 15 is 0 Å². The topological polar surface area (TPSA) is 58.6 Å². The maximum atomic E-state index is 12.5. The van der Waals surface area contributed by atoms with Gasteiger partial charge in [0.2, 0.25) is 5.91 Å². The number of hydrogen-bond acceptors (Lipinski definition) is 3. The van der Waals surface area contributed by atoms with Gasteiger partial charge in [0.25, 0.3) is 0 Å². The first kappa shape index (κ1) is 18.0. The number of benzene rings is 1. The molecule has 0 aliphatic carbocycles. The van der Waals surface area contributed by atoms with E-state index in [1.54, 1.807) is 0 Å². The molecule has 1 amide bonds. The molecule has 128 valence electrons. The molecule has 1 fully saturated rings. The number of nitrogens with one attached hydrogen (secondary N) is 1. The van der Waals surface area contributed by atoms with E-state index in [9.17, 15) is 9.90 Å². The molecule has 2 rings (SSSR count). The zero-order valence-corrected chi connectivity index (χ0v) is 14.2. The van der Waals surface area contributed by atoms with Crippen molar-refractivity contribution in [1.82, 2.24) is 5.32 Å². The fourth-order valence-electron chi connectivity index (χ4n) is 3.10. The number of rotatable bonds is 7. The zero-order valence-electron chi connectivity index (χ0n) is 14.2. The fourth-order valence-corrected chi connectivity index (χ4v) is 3.10. The van der Waals surface area contributed by atoms with Crippen LogP contribution in [0.25, 0.3) is 0 Å². The number of carbonyl (C=O) groups excluding carboxylic acids is 1. The molecule has 1 aliphatic heterocycles. The quantitative estimate of drug-likeness (QED) is 0.811. The van der Waals surface area contributed by atoms with E-state index in [-0.39, 0.29) is 23.7 Å². The lowest BCUT2D eigenvalue weighted by atomic mass is 9.88. The molecule has 0 radical (unpaired) electrons. The SMILES string of the molecule is CC(C)[C@H](Cc1ccccc1)C(=O)NC[C@@H](O)C1CCOCC1. The van der Waals surface area contributed by atoms with Crippen molar-refractivity contribution in [2.75, 3.05) is 19.8 Å². The van der Waals surface area contributed by atoms with Crippen molar-refractivity contribution in [3.8, 4) is 0 Å². The second-order valence-electron chi connectivity index (χ2n) is 6.80. The van der Waals surface area contributed by atoms with Crippen LogP contribution in [-0.4, -0.2) is 36.9 Å². The number of ether oxygens (including phenoxy) is 1. The van der Waals surface area contributed by atoms with Gasteiger partial charge in [0, 0.05) is 25.7 Å².